The Labute approximate surface area is 183 Å². The Morgan fingerprint density at radius 2 is 1.93 bits per heavy atom. The van der Waals surface area contributed by atoms with E-state index in [1.807, 2.05) is 40.9 Å². The van der Waals surface area contributed by atoms with E-state index in [1.165, 1.54) is 12.8 Å². The van der Waals surface area contributed by atoms with Crippen molar-refractivity contribution >= 4 is 17.7 Å². The van der Waals surface area contributed by atoms with Crippen LogP contribution in [0.25, 0.3) is 0 Å². The van der Waals surface area contributed by atoms with Crippen molar-refractivity contribution in [2.45, 2.75) is 76.9 Å². The molecule has 0 aliphatic carbocycles. The number of unbranched alkanes of at least 4 members (excludes halogenated alkanes) is 1. The van der Waals surface area contributed by atoms with E-state index < -0.39 is 12.6 Å². The van der Waals surface area contributed by atoms with Crippen molar-refractivity contribution in [3.63, 3.8) is 0 Å². The molecule has 0 radical (unpaired) electrons. The van der Waals surface area contributed by atoms with Gasteiger partial charge in [0.2, 0.25) is 5.91 Å². The molecule has 2 nitrogen and oxygen atoms in total. The highest BCUT2D eigenvalue weighted by Crippen LogP contribution is 2.23. The molecule has 1 atom stereocenters. The zero-order valence-electron chi connectivity index (χ0n) is 17.9. The average molecular weight is 442 g/mol. The first kappa shape index (κ1) is 24.8. The van der Waals surface area contributed by atoms with Gasteiger partial charge in [0.1, 0.15) is 0 Å². The molecule has 6 heteroatoms. The lowest BCUT2D eigenvalue weighted by Gasteiger charge is -2.22. The Balaban J connectivity index is 1.74. The van der Waals surface area contributed by atoms with Crippen molar-refractivity contribution < 1.29 is 18.0 Å². The zero-order valence-corrected chi connectivity index (χ0v) is 18.7. The first-order chi connectivity index (χ1) is 14.4. The molecule has 1 aliphatic heterocycles. The van der Waals surface area contributed by atoms with E-state index in [4.69, 9.17) is 0 Å². The number of amides is 1. The van der Waals surface area contributed by atoms with E-state index in [-0.39, 0.29) is 18.4 Å². The van der Waals surface area contributed by atoms with Crippen LogP contribution < -0.4 is 0 Å². The van der Waals surface area contributed by atoms with Gasteiger partial charge in [-0.05, 0) is 55.4 Å². The Morgan fingerprint density at radius 3 is 2.67 bits per heavy atom. The van der Waals surface area contributed by atoms with Crippen LogP contribution in [0.5, 0.6) is 0 Å². The number of carbonyl (C=O) groups is 1. The lowest BCUT2D eigenvalue weighted by Crippen LogP contribution is -2.33. The number of carbonyl (C=O) groups excluding carboxylic acids is 1. The summed E-state index contributed by atoms with van der Waals surface area (Å²) >= 11 is 1.92. The van der Waals surface area contributed by atoms with E-state index in [2.05, 4.69) is 19.1 Å². The molecule has 1 unspecified atom stereocenters. The third-order valence-electron chi connectivity index (χ3n) is 5.37. The quantitative estimate of drug-likeness (QED) is 0.254. The van der Waals surface area contributed by atoms with Gasteiger partial charge in [-0.25, -0.2) is 0 Å². The molecule has 1 aliphatic rings. The molecule has 1 saturated heterocycles. The van der Waals surface area contributed by atoms with Crippen LogP contribution in [0.1, 0.15) is 63.0 Å². The maximum Gasteiger partial charge on any atom is 0.389 e. The minimum Gasteiger partial charge on any atom is -0.335 e. The molecular weight excluding hydrogens is 407 g/mol. The number of allylic oxidation sites excluding steroid dienone is 1. The number of thioether (sulfide) groups is 1. The number of benzene rings is 1. The molecule has 1 aromatic rings. The number of aryl methyl sites for hydroxylation is 2. The molecule has 1 amide bonds. The summed E-state index contributed by atoms with van der Waals surface area (Å²) in [7, 11) is 0. The van der Waals surface area contributed by atoms with Crippen molar-refractivity contribution in [1.29, 1.82) is 0 Å². The molecule has 1 fully saturated rings. The van der Waals surface area contributed by atoms with Crippen LogP contribution in [-0.2, 0) is 17.6 Å². The van der Waals surface area contributed by atoms with Crippen molar-refractivity contribution in [1.82, 2.24) is 4.90 Å². The van der Waals surface area contributed by atoms with Crippen LogP contribution in [0.4, 0.5) is 13.2 Å². The fourth-order valence-corrected chi connectivity index (χ4v) is 4.72. The van der Waals surface area contributed by atoms with Crippen molar-refractivity contribution in [3.05, 3.63) is 47.5 Å². The number of hydrogen-bond acceptors (Lipinski definition) is 2. The van der Waals surface area contributed by atoms with Crippen LogP contribution in [0.2, 0.25) is 0 Å². The summed E-state index contributed by atoms with van der Waals surface area (Å²) in [5, 5.41) is 0. The van der Waals surface area contributed by atoms with Crippen LogP contribution in [0.15, 0.2) is 36.4 Å². The molecule has 1 heterocycles. The van der Waals surface area contributed by atoms with Gasteiger partial charge >= 0.3 is 6.18 Å². The largest absolute Gasteiger partial charge is 0.389 e. The third-order valence-corrected chi connectivity index (χ3v) is 6.42. The van der Waals surface area contributed by atoms with Crippen LogP contribution in [-0.4, -0.2) is 41.1 Å². The molecule has 168 valence electrons. The highest BCUT2D eigenvalue weighted by molar-refractivity contribution is 7.99. The number of halogens is 3. The molecule has 0 aromatic heterocycles. The van der Waals surface area contributed by atoms with E-state index in [1.54, 1.807) is 0 Å². The molecule has 0 saturated carbocycles. The van der Waals surface area contributed by atoms with Crippen LogP contribution in [0, 0.1) is 0 Å². The minimum atomic E-state index is -4.08. The SMILES string of the molecule is CCCCSCCN1C(=O)CCC1/C=C/CCc1cccc(CCCC(F)(F)F)c1. The zero-order chi connectivity index (χ0) is 21.8. The summed E-state index contributed by atoms with van der Waals surface area (Å²) < 4.78 is 36.9. The molecule has 1 aromatic carbocycles. The van der Waals surface area contributed by atoms with Crippen LogP contribution in [0.3, 0.4) is 0 Å². The number of nitrogens with zero attached hydrogens (tertiary/aromatic N) is 1. The van der Waals surface area contributed by atoms with E-state index in [9.17, 15) is 18.0 Å². The molecule has 2 rings (SSSR count). The first-order valence-corrected chi connectivity index (χ1v) is 12.2. The highest BCUT2D eigenvalue weighted by atomic mass is 32.2. The molecule has 0 N–H and O–H groups in total. The van der Waals surface area contributed by atoms with Gasteiger partial charge in [-0.15, -0.1) is 0 Å². The van der Waals surface area contributed by atoms with Gasteiger partial charge in [0.25, 0.3) is 0 Å². The van der Waals surface area contributed by atoms with Gasteiger partial charge in [0.05, 0.1) is 6.04 Å². The summed E-state index contributed by atoms with van der Waals surface area (Å²) in [6.07, 6.45) is 5.78. The normalized spacial score (nSPS) is 17.4. The van der Waals surface area contributed by atoms with Gasteiger partial charge in [-0.2, -0.15) is 24.9 Å². The van der Waals surface area contributed by atoms with Gasteiger partial charge in [-0.1, -0.05) is 49.8 Å². The van der Waals surface area contributed by atoms with Gasteiger partial charge < -0.3 is 4.90 Å². The Kier molecular flexibility index (Phi) is 10.8. The number of alkyl halides is 3. The lowest BCUT2D eigenvalue weighted by molar-refractivity contribution is -0.135. The van der Waals surface area contributed by atoms with Crippen molar-refractivity contribution in [2.75, 3.05) is 18.1 Å². The third kappa shape index (κ3) is 9.59. The molecule has 0 spiro atoms. The number of hydrogen-bond donors (Lipinski definition) is 0. The standard InChI is InChI=1S/C24H34F3NOS/c1-2-3-17-30-18-16-28-22(13-14-23(28)29)12-5-4-8-20-9-6-10-21(19-20)11-7-15-24(25,26)27/h5-6,9-10,12,19,22H,2-4,7-8,11,13-18H2,1H3/b12-5+. The van der Waals surface area contributed by atoms with E-state index >= 15 is 0 Å². The molecule has 30 heavy (non-hydrogen) atoms. The monoisotopic (exact) mass is 441 g/mol. The summed E-state index contributed by atoms with van der Waals surface area (Å²) in [4.78, 5) is 14.2. The van der Waals surface area contributed by atoms with E-state index in [0.29, 0.717) is 12.8 Å². The number of likely N-dealkylation sites (tertiary alicyclic amines) is 1. The number of rotatable bonds is 13. The fourth-order valence-electron chi connectivity index (χ4n) is 3.69. The smallest absolute Gasteiger partial charge is 0.335 e. The summed E-state index contributed by atoms with van der Waals surface area (Å²) in [6, 6.07) is 8.08. The maximum atomic E-state index is 12.3. The first-order valence-electron chi connectivity index (χ1n) is 11.1. The van der Waals surface area contributed by atoms with Gasteiger partial charge in [0.15, 0.2) is 0 Å². The fraction of sp³-hybridized carbons (Fsp3) is 0.625. The average Bonchev–Trinajstić information content (AvgIpc) is 3.04. The minimum absolute atomic E-state index is 0.134. The Bertz CT molecular complexity index is 675. The van der Waals surface area contributed by atoms with E-state index in [0.717, 1.165) is 48.4 Å². The Morgan fingerprint density at radius 1 is 1.17 bits per heavy atom. The maximum absolute atomic E-state index is 12.3. The van der Waals surface area contributed by atoms with Gasteiger partial charge in [0, 0.05) is 25.1 Å². The predicted octanol–water partition coefficient (Wildman–Crippen LogP) is 6.58. The van der Waals surface area contributed by atoms with Gasteiger partial charge in [-0.3, -0.25) is 4.79 Å². The highest BCUT2D eigenvalue weighted by Gasteiger charge is 2.28. The second-order valence-electron chi connectivity index (χ2n) is 7.91. The summed E-state index contributed by atoms with van der Waals surface area (Å²) in [5.74, 6) is 2.42. The predicted molar refractivity (Wildman–Crippen MR) is 120 cm³/mol. The summed E-state index contributed by atoms with van der Waals surface area (Å²) in [6.45, 7) is 3.01. The van der Waals surface area contributed by atoms with Crippen molar-refractivity contribution in [3.8, 4) is 0 Å². The molecule has 0 bridgehead atoms. The summed E-state index contributed by atoms with van der Waals surface area (Å²) in [5.41, 5.74) is 2.12. The Hall–Kier alpha value is -1.43. The second-order valence-corrected chi connectivity index (χ2v) is 9.14. The van der Waals surface area contributed by atoms with Crippen LogP contribution >= 0.6 is 11.8 Å². The molecular formula is C24H34F3NOS. The second kappa shape index (κ2) is 13.1. The lowest BCUT2D eigenvalue weighted by atomic mass is 10.0. The van der Waals surface area contributed by atoms with Crippen molar-refractivity contribution in [2.24, 2.45) is 0 Å². The topological polar surface area (TPSA) is 20.3 Å².